The SMILES string of the molecule is O=[N+]([O-])c1cc(Cl)cc2c1OC1(N3CCN(c4ccccc4)CC3)CCCCC1=C2. The lowest BCUT2D eigenvalue weighted by molar-refractivity contribution is -0.386. The Morgan fingerprint density at radius 1 is 1.07 bits per heavy atom. The zero-order valence-corrected chi connectivity index (χ0v) is 17.5. The lowest BCUT2D eigenvalue weighted by Crippen LogP contribution is -2.62. The molecule has 6 nitrogen and oxygen atoms in total. The summed E-state index contributed by atoms with van der Waals surface area (Å²) in [6.45, 7) is 3.50. The molecule has 30 heavy (non-hydrogen) atoms. The van der Waals surface area contributed by atoms with Crippen LogP contribution in [-0.2, 0) is 0 Å². The lowest BCUT2D eigenvalue weighted by Gasteiger charge is -2.51. The molecule has 2 aromatic rings. The van der Waals surface area contributed by atoms with E-state index in [9.17, 15) is 10.1 Å². The Morgan fingerprint density at radius 2 is 1.83 bits per heavy atom. The number of hydrogen-bond donors (Lipinski definition) is 0. The van der Waals surface area contributed by atoms with Crippen LogP contribution in [0.5, 0.6) is 5.75 Å². The number of fused-ring (bicyclic) bond motifs is 2. The van der Waals surface area contributed by atoms with Gasteiger partial charge in [-0.15, -0.1) is 0 Å². The first-order chi connectivity index (χ1) is 14.6. The molecule has 0 N–H and O–H groups in total. The Hall–Kier alpha value is -2.57. The number of piperazine rings is 1. The Morgan fingerprint density at radius 3 is 2.57 bits per heavy atom. The first kappa shape index (κ1) is 19.4. The van der Waals surface area contributed by atoms with Crippen molar-refractivity contribution in [1.82, 2.24) is 4.90 Å². The largest absolute Gasteiger partial charge is 0.461 e. The predicted octanol–water partition coefficient (Wildman–Crippen LogP) is 5.12. The summed E-state index contributed by atoms with van der Waals surface area (Å²) in [4.78, 5) is 16.1. The molecule has 0 radical (unpaired) electrons. The van der Waals surface area contributed by atoms with Crippen LogP contribution >= 0.6 is 11.6 Å². The number of ether oxygens (including phenoxy) is 1. The van der Waals surface area contributed by atoms with Crippen molar-refractivity contribution in [2.75, 3.05) is 31.1 Å². The molecule has 1 saturated carbocycles. The van der Waals surface area contributed by atoms with E-state index in [2.05, 4.69) is 40.1 Å². The number of anilines is 1. The minimum atomic E-state index is -0.591. The van der Waals surface area contributed by atoms with E-state index >= 15 is 0 Å². The van der Waals surface area contributed by atoms with Crippen molar-refractivity contribution in [3.8, 4) is 5.75 Å². The highest BCUT2D eigenvalue weighted by Crippen LogP contribution is 2.49. The molecule has 156 valence electrons. The number of halogens is 1. The van der Waals surface area contributed by atoms with Crippen molar-refractivity contribution < 1.29 is 9.66 Å². The Kier molecular flexibility index (Phi) is 4.91. The molecule has 0 bridgehead atoms. The molecule has 2 fully saturated rings. The summed E-state index contributed by atoms with van der Waals surface area (Å²) in [5, 5.41) is 12.1. The van der Waals surface area contributed by atoms with Gasteiger partial charge in [-0.05, 0) is 49.1 Å². The zero-order valence-electron chi connectivity index (χ0n) is 16.7. The molecular formula is C23H24ClN3O3. The molecule has 2 heterocycles. The number of nitro groups is 1. The number of nitro benzene ring substituents is 1. The highest BCUT2D eigenvalue weighted by atomic mass is 35.5. The second kappa shape index (κ2) is 7.60. The first-order valence-corrected chi connectivity index (χ1v) is 10.9. The van der Waals surface area contributed by atoms with Crippen LogP contribution < -0.4 is 9.64 Å². The third-order valence-electron chi connectivity index (χ3n) is 6.49. The van der Waals surface area contributed by atoms with Gasteiger partial charge in [-0.2, -0.15) is 0 Å². The number of rotatable bonds is 3. The van der Waals surface area contributed by atoms with Gasteiger partial charge in [0.05, 0.1) is 4.92 Å². The van der Waals surface area contributed by atoms with Crippen molar-refractivity contribution in [2.45, 2.75) is 31.4 Å². The average Bonchev–Trinajstić information content (AvgIpc) is 2.78. The monoisotopic (exact) mass is 425 g/mol. The standard InChI is InChI=1S/C23H24ClN3O3/c24-19-15-17-14-18-6-4-5-9-23(18,30-22(17)21(16-19)27(28)29)26-12-10-25(11-13-26)20-7-2-1-3-8-20/h1-3,7-8,14-16H,4-6,9-13H2. The molecule has 1 unspecified atom stereocenters. The van der Waals surface area contributed by atoms with Crippen LogP contribution in [0.3, 0.4) is 0 Å². The Labute approximate surface area is 180 Å². The zero-order chi connectivity index (χ0) is 20.7. The fraction of sp³-hybridized carbons (Fsp3) is 0.391. The fourth-order valence-corrected chi connectivity index (χ4v) is 5.26. The summed E-state index contributed by atoms with van der Waals surface area (Å²) in [7, 11) is 0. The minimum Gasteiger partial charge on any atom is -0.461 e. The smallest absolute Gasteiger partial charge is 0.313 e. The van der Waals surface area contributed by atoms with Crippen molar-refractivity contribution in [3.05, 3.63) is 68.7 Å². The van der Waals surface area contributed by atoms with Crippen molar-refractivity contribution in [3.63, 3.8) is 0 Å². The average molecular weight is 426 g/mol. The molecule has 0 amide bonds. The van der Waals surface area contributed by atoms with Crippen LogP contribution in [0.25, 0.3) is 6.08 Å². The maximum atomic E-state index is 11.7. The summed E-state index contributed by atoms with van der Waals surface area (Å²) in [5.74, 6) is 0.348. The molecule has 1 aliphatic carbocycles. The maximum absolute atomic E-state index is 11.7. The predicted molar refractivity (Wildman–Crippen MR) is 118 cm³/mol. The van der Waals surface area contributed by atoms with E-state index in [0.29, 0.717) is 16.3 Å². The van der Waals surface area contributed by atoms with E-state index in [-0.39, 0.29) is 5.69 Å². The molecule has 1 saturated heterocycles. The maximum Gasteiger partial charge on any atom is 0.313 e. The molecule has 2 aromatic carbocycles. The third kappa shape index (κ3) is 3.24. The molecule has 0 spiro atoms. The number of nitrogens with zero attached hydrogens (tertiary/aromatic N) is 3. The van der Waals surface area contributed by atoms with Gasteiger partial charge in [-0.1, -0.05) is 29.8 Å². The normalized spacial score (nSPS) is 23.8. The molecular weight excluding hydrogens is 402 g/mol. The van der Waals surface area contributed by atoms with E-state index in [0.717, 1.165) is 51.9 Å². The molecule has 5 rings (SSSR count). The van der Waals surface area contributed by atoms with E-state index in [1.54, 1.807) is 6.07 Å². The van der Waals surface area contributed by atoms with Gasteiger partial charge in [-0.25, -0.2) is 0 Å². The van der Waals surface area contributed by atoms with E-state index in [1.807, 2.05) is 6.07 Å². The highest BCUT2D eigenvalue weighted by molar-refractivity contribution is 6.31. The van der Waals surface area contributed by atoms with Crippen LogP contribution in [0, 0.1) is 10.1 Å². The summed E-state index contributed by atoms with van der Waals surface area (Å²) >= 11 is 6.15. The quantitative estimate of drug-likeness (QED) is 0.504. The number of benzene rings is 2. The minimum absolute atomic E-state index is 0.0549. The summed E-state index contributed by atoms with van der Waals surface area (Å²) < 4.78 is 6.59. The lowest BCUT2D eigenvalue weighted by atomic mass is 9.81. The van der Waals surface area contributed by atoms with Gasteiger partial charge >= 0.3 is 5.69 Å². The van der Waals surface area contributed by atoms with E-state index < -0.39 is 10.6 Å². The molecule has 1 atom stereocenters. The molecule has 7 heteroatoms. The Balaban J connectivity index is 1.47. The second-order valence-corrected chi connectivity index (χ2v) is 8.61. The third-order valence-corrected chi connectivity index (χ3v) is 6.70. The molecule has 2 aliphatic heterocycles. The number of para-hydroxylation sites is 1. The van der Waals surface area contributed by atoms with Crippen molar-refractivity contribution >= 4 is 29.1 Å². The van der Waals surface area contributed by atoms with Gasteiger partial charge in [0.15, 0.2) is 5.72 Å². The van der Waals surface area contributed by atoms with Crippen LogP contribution in [0.4, 0.5) is 11.4 Å². The van der Waals surface area contributed by atoms with Gasteiger partial charge in [0.2, 0.25) is 5.75 Å². The summed E-state index contributed by atoms with van der Waals surface area (Å²) in [6.07, 6.45) is 6.04. The fourth-order valence-electron chi connectivity index (χ4n) is 5.04. The van der Waals surface area contributed by atoms with Crippen LogP contribution in [0.15, 0.2) is 48.0 Å². The van der Waals surface area contributed by atoms with Gasteiger partial charge < -0.3 is 9.64 Å². The van der Waals surface area contributed by atoms with Crippen molar-refractivity contribution in [2.24, 2.45) is 0 Å². The van der Waals surface area contributed by atoms with Crippen molar-refractivity contribution in [1.29, 1.82) is 0 Å². The second-order valence-electron chi connectivity index (χ2n) is 8.17. The Bertz CT molecular complexity index is 1000. The van der Waals surface area contributed by atoms with Gasteiger partial charge in [0.25, 0.3) is 0 Å². The highest BCUT2D eigenvalue weighted by Gasteiger charge is 2.48. The van der Waals surface area contributed by atoms with Crippen LogP contribution in [0.2, 0.25) is 5.02 Å². The van der Waals surface area contributed by atoms with E-state index in [4.69, 9.17) is 16.3 Å². The van der Waals surface area contributed by atoms with Crippen LogP contribution in [0.1, 0.15) is 31.2 Å². The van der Waals surface area contributed by atoms with E-state index in [1.165, 1.54) is 17.3 Å². The first-order valence-electron chi connectivity index (χ1n) is 10.5. The summed E-state index contributed by atoms with van der Waals surface area (Å²) in [5.41, 5.74) is 2.51. The van der Waals surface area contributed by atoms with Gasteiger partial charge in [0, 0.05) is 54.9 Å². The summed E-state index contributed by atoms with van der Waals surface area (Å²) in [6, 6.07) is 13.6. The molecule has 0 aromatic heterocycles. The molecule has 3 aliphatic rings. The van der Waals surface area contributed by atoms with Gasteiger partial charge in [0.1, 0.15) is 0 Å². The topological polar surface area (TPSA) is 58.9 Å². The van der Waals surface area contributed by atoms with Gasteiger partial charge in [-0.3, -0.25) is 15.0 Å². The van der Waals surface area contributed by atoms with Crippen LogP contribution in [-0.4, -0.2) is 41.7 Å². The number of hydrogen-bond acceptors (Lipinski definition) is 5.